The maximum atomic E-state index is 12.9. The van der Waals surface area contributed by atoms with Crippen LogP contribution >= 0.6 is 0 Å². The Morgan fingerprint density at radius 3 is 2.19 bits per heavy atom. The number of para-hydroxylation sites is 1. The summed E-state index contributed by atoms with van der Waals surface area (Å²) in [5.74, 6) is 0.562. The van der Waals surface area contributed by atoms with Crippen molar-refractivity contribution in [3.63, 3.8) is 0 Å². The van der Waals surface area contributed by atoms with E-state index in [1.54, 1.807) is 19.2 Å². The third-order valence-electron chi connectivity index (χ3n) is 5.16. The quantitative estimate of drug-likeness (QED) is 0.837. The van der Waals surface area contributed by atoms with E-state index in [4.69, 9.17) is 4.74 Å². The molecule has 142 valence electrons. The predicted molar refractivity (Wildman–Crippen MR) is 105 cm³/mol. The van der Waals surface area contributed by atoms with Crippen molar-refractivity contribution in [1.82, 2.24) is 9.80 Å². The third-order valence-corrected chi connectivity index (χ3v) is 5.16. The van der Waals surface area contributed by atoms with E-state index in [9.17, 15) is 9.59 Å². The highest BCUT2D eigenvalue weighted by molar-refractivity contribution is 5.97. The Bertz CT molecular complexity index is 847. The lowest BCUT2D eigenvalue weighted by atomic mass is 10.1. The first-order valence-corrected chi connectivity index (χ1v) is 9.30. The van der Waals surface area contributed by atoms with Crippen LogP contribution in [0.2, 0.25) is 0 Å². The van der Waals surface area contributed by atoms with E-state index < -0.39 is 0 Å². The Morgan fingerprint density at radius 2 is 1.52 bits per heavy atom. The molecule has 1 fully saturated rings. The molecule has 0 aliphatic carbocycles. The van der Waals surface area contributed by atoms with Crippen LogP contribution in [-0.4, -0.2) is 54.9 Å². The number of nitrogens with zero attached hydrogens (tertiary/aromatic N) is 2. The van der Waals surface area contributed by atoms with Crippen molar-refractivity contribution in [2.24, 2.45) is 0 Å². The molecular formula is C22H26N2O3. The number of aryl methyl sites for hydroxylation is 2. The first kappa shape index (κ1) is 19.0. The molecule has 2 aromatic rings. The Labute approximate surface area is 160 Å². The Hall–Kier alpha value is -2.82. The topological polar surface area (TPSA) is 49.9 Å². The maximum Gasteiger partial charge on any atom is 0.257 e. The van der Waals surface area contributed by atoms with Gasteiger partial charge in [-0.2, -0.15) is 0 Å². The fourth-order valence-electron chi connectivity index (χ4n) is 3.37. The summed E-state index contributed by atoms with van der Waals surface area (Å²) in [5, 5.41) is 0. The summed E-state index contributed by atoms with van der Waals surface area (Å²) in [6.07, 6.45) is 0.761. The molecule has 1 aliphatic heterocycles. The van der Waals surface area contributed by atoms with Crippen molar-refractivity contribution in [3.8, 4) is 5.75 Å². The first-order valence-electron chi connectivity index (χ1n) is 9.30. The standard InChI is InChI=1S/C22H26N2O3/c1-16-9-10-18(15-17(16)2)21(25)23-11-6-12-24(14-13-23)22(26)19-7-4-5-8-20(19)27-3/h4-5,7-10,15H,6,11-14H2,1-3H3. The summed E-state index contributed by atoms with van der Waals surface area (Å²) < 4.78 is 5.31. The highest BCUT2D eigenvalue weighted by atomic mass is 16.5. The van der Waals surface area contributed by atoms with Crippen LogP contribution in [0.1, 0.15) is 38.3 Å². The molecule has 1 saturated heterocycles. The highest BCUT2D eigenvalue weighted by Crippen LogP contribution is 2.20. The molecule has 2 amide bonds. The number of benzene rings is 2. The molecule has 0 atom stereocenters. The molecule has 0 spiro atoms. The first-order chi connectivity index (χ1) is 13.0. The van der Waals surface area contributed by atoms with Gasteiger partial charge in [0.1, 0.15) is 5.75 Å². The van der Waals surface area contributed by atoms with Gasteiger partial charge < -0.3 is 14.5 Å². The second-order valence-electron chi connectivity index (χ2n) is 6.94. The van der Waals surface area contributed by atoms with Gasteiger partial charge in [0.2, 0.25) is 0 Å². The third kappa shape index (κ3) is 4.13. The molecule has 27 heavy (non-hydrogen) atoms. The van der Waals surface area contributed by atoms with E-state index >= 15 is 0 Å². The lowest BCUT2D eigenvalue weighted by Gasteiger charge is -2.23. The normalized spacial score (nSPS) is 14.6. The minimum Gasteiger partial charge on any atom is -0.496 e. The van der Waals surface area contributed by atoms with Crippen molar-refractivity contribution in [2.75, 3.05) is 33.3 Å². The van der Waals surface area contributed by atoms with Crippen LogP contribution in [0.5, 0.6) is 5.75 Å². The van der Waals surface area contributed by atoms with Crippen molar-refractivity contribution < 1.29 is 14.3 Å². The average molecular weight is 366 g/mol. The molecule has 1 aliphatic rings. The lowest BCUT2D eigenvalue weighted by Crippen LogP contribution is -2.37. The number of methoxy groups -OCH3 is 1. The zero-order valence-corrected chi connectivity index (χ0v) is 16.2. The average Bonchev–Trinajstić information content (AvgIpc) is 2.95. The Kier molecular flexibility index (Phi) is 5.79. The SMILES string of the molecule is COc1ccccc1C(=O)N1CCCN(C(=O)c2ccc(C)c(C)c2)CC1. The van der Waals surface area contributed by atoms with Gasteiger partial charge in [-0.05, 0) is 55.7 Å². The fourth-order valence-corrected chi connectivity index (χ4v) is 3.37. The predicted octanol–water partition coefficient (Wildman–Crippen LogP) is 3.30. The number of rotatable bonds is 3. The number of carbonyl (C=O) groups excluding carboxylic acids is 2. The van der Waals surface area contributed by atoms with Gasteiger partial charge >= 0.3 is 0 Å². The van der Waals surface area contributed by atoms with Gasteiger partial charge in [-0.25, -0.2) is 0 Å². The van der Waals surface area contributed by atoms with Gasteiger partial charge in [-0.1, -0.05) is 18.2 Å². The summed E-state index contributed by atoms with van der Waals surface area (Å²) in [4.78, 5) is 29.4. The summed E-state index contributed by atoms with van der Waals surface area (Å²) in [6.45, 7) is 6.40. The number of hydrogen-bond donors (Lipinski definition) is 0. The van der Waals surface area contributed by atoms with Crippen LogP contribution in [0.25, 0.3) is 0 Å². The number of hydrogen-bond acceptors (Lipinski definition) is 3. The van der Waals surface area contributed by atoms with Gasteiger partial charge in [-0.15, -0.1) is 0 Å². The molecule has 2 aromatic carbocycles. The molecular weight excluding hydrogens is 340 g/mol. The summed E-state index contributed by atoms with van der Waals surface area (Å²) in [6, 6.07) is 13.1. The van der Waals surface area contributed by atoms with Crippen molar-refractivity contribution in [3.05, 3.63) is 64.7 Å². The lowest BCUT2D eigenvalue weighted by molar-refractivity contribution is 0.0717. The van der Waals surface area contributed by atoms with E-state index in [1.807, 2.05) is 54.0 Å². The molecule has 0 saturated carbocycles. The maximum absolute atomic E-state index is 12.9. The summed E-state index contributed by atoms with van der Waals surface area (Å²) in [7, 11) is 1.57. The largest absolute Gasteiger partial charge is 0.496 e. The van der Waals surface area contributed by atoms with E-state index in [0.717, 1.165) is 12.0 Å². The van der Waals surface area contributed by atoms with E-state index in [0.29, 0.717) is 43.1 Å². The number of ether oxygens (including phenoxy) is 1. The second kappa shape index (κ2) is 8.25. The van der Waals surface area contributed by atoms with Crippen LogP contribution in [0.3, 0.4) is 0 Å². The van der Waals surface area contributed by atoms with Gasteiger partial charge in [0.15, 0.2) is 0 Å². The van der Waals surface area contributed by atoms with Gasteiger partial charge in [0.25, 0.3) is 11.8 Å². The fraction of sp³-hybridized carbons (Fsp3) is 0.364. The highest BCUT2D eigenvalue weighted by Gasteiger charge is 2.25. The van der Waals surface area contributed by atoms with Crippen molar-refractivity contribution in [1.29, 1.82) is 0 Å². The zero-order valence-electron chi connectivity index (χ0n) is 16.2. The van der Waals surface area contributed by atoms with Crippen LogP contribution < -0.4 is 4.74 Å². The second-order valence-corrected chi connectivity index (χ2v) is 6.94. The smallest absolute Gasteiger partial charge is 0.257 e. The van der Waals surface area contributed by atoms with E-state index in [1.165, 1.54) is 5.56 Å². The molecule has 5 nitrogen and oxygen atoms in total. The minimum absolute atomic E-state index is 0.0321. The van der Waals surface area contributed by atoms with Crippen LogP contribution in [0, 0.1) is 13.8 Å². The van der Waals surface area contributed by atoms with Crippen molar-refractivity contribution >= 4 is 11.8 Å². The molecule has 0 unspecified atom stereocenters. The molecule has 0 bridgehead atoms. The molecule has 0 aromatic heterocycles. The monoisotopic (exact) mass is 366 g/mol. The van der Waals surface area contributed by atoms with Gasteiger partial charge in [0.05, 0.1) is 12.7 Å². The molecule has 0 radical (unpaired) electrons. The molecule has 5 heteroatoms. The van der Waals surface area contributed by atoms with E-state index in [-0.39, 0.29) is 11.8 Å². The van der Waals surface area contributed by atoms with Crippen LogP contribution in [0.15, 0.2) is 42.5 Å². The number of carbonyl (C=O) groups is 2. The number of amides is 2. The molecule has 3 rings (SSSR count). The van der Waals surface area contributed by atoms with E-state index in [2.05, 4.69) is 0 Å². The molecule has 0 N–H and O–H groups in total. The van der Waals surface area contributed by atoms with Gasteiger partial charge in [0, 0.05) is 31.7 Å². The minimum atomic E-state index is -0.0482. The summed E-state index contributed by atoms with van der Waals surface area (Å²) in [5.41, 5.74) is 3.57. The zero-order chi connectivity index (χ0) is 19.4. The van der Waals surface area contributed by atoms with Crippen LogP contribution in [-0.2, 0) is 0 Å². The van der Waals surface area contributed by atoms with Gasteiger partial charge in [-0.3, -0.25) is 9.59 Å². The van der Waals surface area contributed by atoms with Crippen molar-refractivity contribution in [2.45, 2.75) is 20.3 Å². The van der Waals surface area contributed by atoms with Crippen LogP contribution in [0.4, 0.5) is 0 Å². The Balaban J connectivity index is 1.70. The summed E-state index contributed by atoms with van der Waals surface area (Å²) >= 11 is 0. The molecule has 1 heterocycles. The Morgan fingerprint density at radius 1 is 0.852 bits per heavy atom.